The predicted molar refractivity (Wildman–Crippen MR) is 84.6 cm³/mol. The van der Waals surface area contributed by atoms with Crippen molar-refractivity contribution < 1.29 is 9.53 Å². The number of hydrogen-bond acceptors (Lipinski definition) is 2. The Morgan fingerprint density at radius 3 is 2.65 bits per heavy atom. The summed E-state index contributed by atoms with van der Waals surface area (Å²) in [6.45, 7) is 0. The molecule has 1 aromatic rings. The van der Waals surface area contributed by atoms with E-state index >= 15 is 0 Å². The van der Waals surface area contributed by atoms with Crippen LogP contribution in [0.15, 0.2) is 24.3 Å². The summed E-state index contributed by atoms with van der Waals surface area (Å²) in [5.74, 6) is -0.177. The van der Waals surface area contributed by atoms with Gasteiger partial charge in [0.25, 0.3) is 0 Å². The summed E-state index contributed by atoms with van der Waals surface area (Å²) in [5, 5.41) is 0. The van der Waals surface area contributed by atoms with Crippen LogP contribution in [0.2, 0.25) is 0 Å². The average molecular weight is 456 g/mol. The summed E-state index contributed by atoms with van der Waals surface area (Å²) in [4.78, 5) is 12.0. The fourth-order valence-corrected chi connectivity index (χ4v) is 3.57. The van der Waals surface area contributed by atoms with Crippen LogP contribution in [0.1, 0.15) is 36.0 Å². The lowest BCUT2D eigenvalue weighted by atomic mass is 9.97. The van der Waals surface area contributed by atoms with Crippen LogP contribution in [0, 0.1) is 3.57 Å². The Labute approximate surface area is 129 Å². The minimum Gasteiger partial charge on any atom is -0.458 e. The third-order valence-corrected chi connectivity index (χ3v) is 5.34. The number of alkyl halides is 1. The molecule has 92 valence electrons. The van der Waals surface area contributed by atoms with Gasteiger partial charge in [0.2, 0.25) is 0 Å². The van der Waals surface area contributed by atoms with Crippen molar-refractivity contribution >= 4 is 51.2 Å². The molecule has 0 saturated heterocycles. The molecule has 0 amide bonds. The molecule has 0 bridgehead atoms. The topological polar surface area (TPSA) is 26.3 Å². The molecule has 0 heterocycles. The van der Waals surface area contributed by atoms with Gasteiger partial charge < -0.3 is 4.74 Å². The molecular weight excluding hydrogens is 442 g/mol. The molecule has 17 heavy (non-hydrogen) atoms. The van der Waals surface area contributed by atoms with Gasteiger partial charge in [-0.25, -0.2) is 4.79 Å². The van der Waals surface area contributed by atoms with Crippen LogP contribution in [-0.4, -0.2) is 16.0 Å². The van der Waals surface area contributed by atoms with Crippen LogP contribution in [0.5, 0.6) is 0 Å². The zero-order valence-electron chi connectivity index (χ0n) is 9.36. The standard InChI is InChI=1S/C13H14I2O2/c14-10-6-2-1-5-9(10)13(16)17-12-8-4-3-7-11(12)15/h1-2,5-6,11-12H,3-4,7-8H2. The fourth-order valence-electron chi connectivity index (χ4n) is 2.01. The fraction of sp³-hybridized carbons (Fsp3) is 0.462. The Morgan fingerprint density at radius 2 is 1.94 bits per heavy atom. The molecule has 1 fully saturated rings. The Kier molecular flexibility index (Phi) is 5.08. The second kappa shape index (κ2) is 6.36. The number of esters is 1. The molecule has 0 N–H and O–H groups in total. The summed E-state index contributed by atoms with van der Waals surface area (Å²) in [6, 6.07) is 7.57. The second-order valence-electron chi connectivity index (χ2n) is 4.22. The molecule has 2 atom stereocenters. The highest BCUT2D eigenvalue weighted by atomic mass is 127. The lowest BCUT2D eigenvalue weighted by Crippen LogP contribution is -2.30. The maximum atomic E-state index is 12.0. The molecule has 0 radical (unpaired) electrons. The monoisotopic (exact) mass is 456 g/mol. The molecule has 1 aromatic carbocycles. The maximum Gasteiger partial charge on any atom is 0.339 e. The van der Waals surface area contributed by atoms with E-state index in [0.29, 0.717) is 9.49 Å². The molecule has 2 rings (SSSR count). The van der Waals surface area contributed by atoms with E-state index in [2.05, 4.69) is 45.2 Å². The molecule has 1 aliphatic rings. The number of hydrogen-bond donors (Lipinski definition) is 0. The van der Waals surface area contributed by atoms with Crippen molar-refractivity contribution in [1.29, 1.82) is 0 Å². The highest BCUT2D eigenvalue weighted by molar-refractivity contribution is 14.1. The Bertz CT molecular complexity index is 406. The van der Waals surface area contributed by atoms with Crippen molar-refractivity contribution in [2.45, 2.75) is 35.7 Å². The van der Waals surface area contributed by atoms with Crippen LogP contribution >= 0.6 is 45.2 Å². The molecular formula is C13H14I2O2. The molecule has 4 heteroatoms. The third kappa shape index (κ3) is 3.56. The first-order valence-electron chi connectivity index (χ1n) is 5.78. The first-order chi connectivity index (χ1) is 8.18. The third-order valence-electron chi connectivity index (χ3n) is 2.97. The molecule has 0 spiro atoms. The largest absolute Gasteiger partial charge is 0.458 e. The van der Waals surface area contributed by atoms with Crippen LogP contribution in [0.4, 0.5) is 0 Å². The van der Waals surface area contributed by atoms with Crippen LogP contribution in [0.3, 0.4) is 0 Å². The number of ether oxygens (including phenoxy) is 1. The van der Waals surface area contributed by atoms with Gasteiger partial charge in [-0.15, -0.1) is 0 Å². The van der Waals surface area contributed by atoms with Crippen molar-refractivity contribution in [1.82, 2.24) is 0 Å². The van der Waals surface area contributed by atoms with Crippen molar-refractivity contribution in [3.8, 4) is 0 Å². The van der Waals surface area contributed by atoms with Crippen molar-refractivity contribution in [2.24, 2.45) is 0 Å². The highest BCUT2D eigenvalue weighted by Gasteiger charge is 2.26. The minimum atomic E-state index is -0.177. The van der Waals surface area contributed by atoms with Gasteiger partial charge in [-0.2, -0.15) is 0 Å². The zero-order chi connectivity index (χ0) is 12.3. The molecule has 0 aliphatic heterocycles. The minimum absolute atomic E-state index is 0.0906. The highest BCUT2D eigenvalue weighted by Crippen LogP contribution is 2.28. The van der Waals surface area contributed by atoms with E-state index in [0.717, 1.165) is 16.4 Å². The van der Waals surface area contributed by atoms with Gasteiger partial charge in [-0.3, -0.25) is 0 Å². The van der Waals surface area contributed by atoms with Crippen LogP contribution in [-0.2, 0) is 4.74 Å². The zero-order valence-corrected chi connectivity index (χ0v) is 13.7. The summed E-state index contributed by atoms with van der Waals surface area (Å²) in [5.41, 5.74) is 0.683. The van der Waals surface area contributed by atoms with Gasteiger partial charge in [0, 0.05) is 7.49 Å². The van der Waals surface area contributed by atoms with Gasteiger partial charge >= 0.3 is 5.97 Å². The average Bonchev–Trinajstić information content (AvgIpc) is 2.32. The van der Waals surface area contributed by atoms with Crippen molar-refractivity contribution in [3.63, 3.8) is 0 Å². The summed E-state index contributed by atoms with van der Waals surface area (Å²) in [6.07, 6.45) is 4.67. The molecule has 1 saturated carbocycles. The molecule has 2 nitrogen and oxygen atoms in total. The quantitative estimate of drug-likeness (QED) is 0.379. The van der Waals surface area contributed by atoms with E-state index in [-0.39, 0.29) is 12.1 Å². The van der Waals surface area contributed by atoms with E-state index in [1.54, 1.807) is 0 Å². The van der Waals surface area contributed by atoms with E-state index in [4.69, 9.17) is 4.74 Å². The lowest BCUT2D eigenvalue weighted by molar-refractivity contribution is 0.0241. The van der Waals surface area contributed by atoms with Gasteiger partial charge in [0.15, 0.2) is 0 Å². The summed E-state index contributed by atoms with van der Waals surface area (Å²) >= 11 is 4.57. The Balaban J connectivity index is 2.04. The van der Waals surface area contributed by atoms with Gasteiger partial charge in [-0.1, -0.05) is 41.1 Å². The second-order valence-corrected chi connectivity index (χ2v) is 6.99. The number of benzene rings is 1. The first-order valence-corrected chi connectivity index (χ1v) is 8.10. The number of rotatable bonds is 2. The maximum absolute atomic E-state index is 12.0. The van der Waals surface area contributed by atoms with E-state index in [1.807, 2.05) is 24.3 Å². The molecule has 0 aromatic heterocycles. The Hall–Kier alpha value is 0.150. The predicted octanol–water partition coefficient (Wildman–Crippen LogP) is 4.19. The van der Waals surface area contributed by atoms with Crippen LogP contribution in [0.25, 0.3) is 0 Å². The van der Waals surface area contributed by atoms with Gasteiger partial charge in [0.05, 0.1) is 5.56 Å². The SMILES string of the molecule is O=C(OC1CCCCC1I)c1ccccc1I. The first kappa shape index (κ1) is 13.6. The van der Waals surface area contributed by atoms with Crippen molar-refractivity contribution in [2.75, 3.05) is 0 Å². The van der Waals surface area contributed by atoms with Gasteiger partial charge in [0.1, 0.15) is 6.10 Å². The van der Waals surface area contributed by atoms with E-state index in [1.165, 1.54) is 12.8 Å². The van der Waals surface area contributed by atoms with Gasteiger partial charge in [-0.05, 0) is 54.0 Å². The molecule has 2 unspecified atom stereocenters. The number of halogens is 2. The van der Waals surface area contributed by atoms with Crippen LogP contribution < -0.4 is 0 Å². The normalized spacial score (nSPS) is 24.4. The smallest absolute Gasteiger partial charge is 0.339 e. The van der Waals surface area contributed by atoms with Crippen molar-refractivity contribution in [3.05, 3.63) is 33.4 Å². The molecule has 1 aliphatic carbocycles. The van der Waals surface area contributed by atoms with E-state index < -0.39 is 0 Å². The lowest BCUT2D eigenvalue weighted by Gasteiger charge is -2.27. The summed E-state index contributed by atoms with van der Waals surface area (Å²) < 4.78 is 7.04. The summed E-state index contributed by atoms with van der Waals surface area (Å²) in [7, 11) is 0. The number of carbonyl (C=O) groups is 1. The Morgan fingerprint density at radius 1 is 1.24 bits per heavy atom. The van der Waals surface area contributed by atoms with E-state index in [9.17, 15) is 4.79 Å². The number of carbonyl (C=O) groups excluding carboxylic acids is 1.